The summed E-state index contributed by atoms with van der Waals surface area (Å²) in [5.74, 6) is -2.26. The number of hydrogen-bond acceptors (Lipinski definition) is 3. The van der Waals surface area contributed by atoms with E-state index in [2.05, 4.69) is 0 Å². The monoisotopic (exact) mass is 338 g/mol. The first-order valence-electron chi connectivity index (χ1n) is 8.03. The average molecular weight is 338 g/mol. The predicted molar refractivity (Wildman–Crippen MR) is 86.2 cm³/mol. The Labute approximate surface area is 138 Å². The van der Waals surface area contributed by atoms with Gasteiger partial charge >= 0.3 is 11.6 Å². The third kappa shape index (κ3) is 4.40. The highest BCUT2D eigenvalue weighted by Gasteiger charge is 2.17. The second kappa shape index (κ2) is 8.04. The minimum Gasteiger partial charge on any atom is -0.481 e. The zero-order valence-corrected chi connectivity index (χ0v) is 13.5. The molecule has 1 N–H and O–H groups in total. The van der Waals surface area contributed by atoms with E-state index in [0.29, 0.717) is 18.4 Å². The molecule has 1 aromatic carbocycles. The summed E-state index contributed by atoms with van der Waals surface area (Å²) in [4.78, 5) is 21.8. The molecule has 0 spiro atoms. The third-order valence-corrected chi connectivity index (χ3v) is 4.05. The quantitative estimate of drug-likeness (QED) is 0.574. The van der Waals surface area contributed by atoms with Gasteiger partial charge in [0.15, 0.2) is 11.4 Å². The molecule has 0 saturated carbocycles. The first kappa shape index (κ1) is 18.1. The van der Waals surface area contributed by atoms with Gasteiger partial charge < -0.3 is 9.52 Å². The molecule has 2 aromatic rings. The van der Waals surface area contributed by atoms with Crippen LogP contribution >= 0.6 is 0 Å². The zero-order valence-electron chi connectivity index (χ0n) is 13.5. The fourth-order valence-electron chi connectivity index (χ4n) is 2.75. The summed E-state index contributed by atoms with van der Waals surface area (Å²) in [6.07, 6.45) is 3.91. The molecule has 0 radical (unpaired) electrons. The molecule has 1 heterocycles. The lowest BCUT2D eigenvalue weighted by atomic mass is 10.0. The number of aryl methyl sites for hydroxylation is 1. The van der Waals surface area contributed by atoms with Gasteiger partial charge in [-0.25, -0.2) is 13.6 Å². The lowest BCUT2D eigenvalue weighted by Crippen LogP contribution is -2.03. The van der Waals surface area contributed by atoms with Crippen LogP contribution in [0.2, 0.25) is 0 Å². The number of hydrogen-bond donors (Lipinski definition) is 1. The van der Waals surface area contributed by atoms with E-state index in [9.17, 15) is 18.4 Å². The van der Waals surface area contributed by atoms with Crippen LogP contribution < -0.4 is 5.63 Å². The van der Waals surface area contributed by atoms with Crippen molar-refractivity contribution in [2.75, 3.05) is 0 Å². The van der Waals surface area contributed by atoms with Crippen molar-refractivity contribution in [2.24, 2.45) is 0 Å². The summed E-state index contributed by atoms with van der Waals surface area (Å²) < 4.78 is 33.5. The van der Waals surface area contributed by atoms with E-state index in [0.717, 1.165) is 19.3 Å². The van der Waals surface area contributed by atoms with Crippen molar-refractivity contribution in [3.05, 3.63) is 45.3 Å². The molecule has 0 fully saturated rings. The standard InChI is InChI=1S/C18H20F2O4/c1-11-9-16(23)24-18-13(11)10-14(19)12(17(18)20)7-5-3-2-4-6-8-15(21)22/h9-10H,2-8H2,1H3,(H,21,22). The highest BCUT2D eigenvalue weighted by Crippen LogP contribution is 2.26. The van der Waals surface area contributed by atoms with E-state index < -0.39 is 23.2 Å². The van der Waals surface area contributed by atoms with Gasteiger partial charge in [0.1, 0.15) is 5.82 Å². The second-order valence-electron chi connectivity index (χ2n) is 5.94. The van der Waals surface area contributed by atoms with Crippen LogP contribution in [0.5, 0.6) is 0 Å². The number of aliphatic carboxylic acids is 1. The molecule has 0 aliphatic rings. The van der Waals surface area contributed by atoms with Gasteiger partial charge in [0.25, 0.3) is 0 Å². The van der Waals surface area contributed by atoms with Crippen LogP contribution in [0.4, 0.5) is 8.78 Å². The lowest BCUT2D eigenvalue weighted by Gasteiger charge is -2.09. The van der Waals surface area contributed by atoms with E-state index in [1.807, 2.05) is 0 Å². The lowest BCUT2D eigenvalue weighted by molar-refractivity contribution is -0.137. The maximum Gasteiger partial charge on any atom is 0.336 e. The molecule has 24 heavy (non-hydrogen) atoms. The van der Waals surface area contributed by atoms with Gasteiger partial charge in [-0.1, -0.05) is 19.3 Å². The molecule has 0 bridgehead atoms. The van der Waals surface area contributed by atoms with Crippen molar-refractivity contribution in [3.63, 3.8) is 0 Å². The normalized spacial score (nSPS) is 11.1. The Kier molecular flexibility index (Phi) is 6.06. The first-order valence-corrected chi connectivity index (χ1v) is 8.03. The Hall–Kier alpha value is -2.24. The molecule has 0 aliphatic carbocycles. The van der Waals surface area contributed by atoms with E-state index in [-0.39, 0.29) is 29.4 Å². The predicted octanol–water partition coefficient (Wildman–Crippen LogP) is 4.35. The molecule has 0 amide bonds. The first-order chi connectivity index (χ1) is 11.4. The third-order valence-electron chi connectivity index (χ3n) is 4.05. The van der Waals surface area contributed by atoms with Gasteiger partial charge in [0.2, 0.25) is 0 Å². The molecule has 0 unspecified atom stereocenters. The average Bonchev–Trinajstić information content (AvgIpc) is 2.50. The van der Waals surface area contributed by atoms with Crippen LogP contribution in [0, 0.1) is 18.6 Å². The van der Waals surface area contributed by atoms with Gasteiger partial charge in [0.05, 0.1) is 0 Å². The Morgan fingerprint density at radius 1 is 1.12 bits per heavy atom. The highest BCUT2D eigenvalue weighted by molar-refractivity contribution is 5.81. The Bertz CT molecular complexity index is 796. The molecule has 2 rings (SSSR count). The van der Waals surface area contributed by atoms with Crippen molar-refractivity contribution in [3.8, 4) is 0 Å². The SMILES string of the molecule is Cc1cc(=O)oc2c(F)c(CCCCCCCC(=O)O)c(F)cc12. The summed E-state index contributed by atoms with van der Waals surface area (Å²) in [7, 11) is 0. The minimum atomic E-state index is -0.813. The molecular formula is C18H20F2O4. The molecule has 4 nitrogen and oxygen atoms in total. The minimum absolute atomic E-state index is 0.0678. The van der Waals surface area contributed by atoms with Crippen molar-refractivity contribution in [1.29, 1.82) is 0 Å². The Balaban J connectivity index is 2.02. The number of halogens is 2. The van der Waals surface area contributed by atoms with Crippen LogP contribution in [0.3, 0.4) is 0 Å². The fraction of sp³-hybridized carbons (Fsp3) is 0.444. The van der Waals surface area contributed by atoms with Gasteiger partial charge in [-0.3, -0.25) is 4.79 Å². The molecule has 1 aromatic heterocycles. The smallest absolute Gasteiger partial charge is 0.336 e. The Morgan fingerprint density at radius 3 is 2.50 bits per heavy atom. The molecule has 0 atom stereocenters. The summed E-state index contributed by atoms with van der Waals surface area (Å²) >= 11 is 0. The van der Waals surface area contributed by atoms with Crippen LogP contribution in [-0.2, 0) is 11.2 Å². The van der Waals surface area contributed by atoms with Gasteiger partial charge in [0, 0.05) is 23.4 Å². The van der Waals surface area contributed by atoms with Crippen molar-refractivity contribution in [1.82, 2.24) is 0 Å². The van der Waals surface area contributed by atoms with Crippen LogP contribution in [0.1, 0.15) is 49.7 Å². The summed E-state index contributed by atoms with van der Waals surface area (Å²) in [5, 5.41) is 8.80. The van der Waals surface area contributed by atoms with Crippen molar-refractivity contribution < 1.29 is 23.1 Å². The molecule has 6 heteroatoms. The topological polar surface area (TPSA) is 67.5 Å². The number of carboxylic acids is 1. The number of rotatable bonds is 8. The summed E-state index contributed by atoms with van der Waals surface area (Å²) in [5.41, 5.74) is -0.446. The number of carbonyl (C=O) groups is 1. The van der Waals surface area contributed by atoms with E-state index >= 15 is 0 Å². The van der Waals surface area contributed by atoms with Crippen LogP contribution in [0.25, 0.3) is 11.0 Å². The number of benzene rings is 1. The number of carboxylic acid groups (broad SMARTS) is 1. The van der Waals surface area contributed by atoms with Gasteiger partial charge in [-0.05, 0) is 37.8 Å². The summed E-state index contributed by atoms with van der Waals surface area (Å²) in [6.45, 7) is 1.61. The second-order valence-corrected chi connectivity index (χ2v) is 5.94. The van der Waals surface area contributed by atoms with Gasteiger partial charge in [-0.2, -0.15) is 0 Å². The molecular weight excluding hydrogens is 318 g/mol. The number of unbranched alkanes of at least 4 members (excludes halogenated alkanes) is 4. The largest absolute Gasteiger partial charge is 0.481 e. The van der Waals surface area contributed by atoms with Crippen LogP contribution in [-0.4, -0.2) is 11.1 Å². The maximum atomic E-state index is 14.5. The fourth-order valence-corrected chi connectivity index (χ4v) is 2.75. The molecule has 0 saturated heterocycles. The maximum absolute atomic E-state index is 14.5. The van der Waals surface area contributed by atoms with Crippen LogP contribution in [0.15, 0.2) is 21.3 Å². The molecule has 0 aliphatic heterocycles. The molecule has 130 valence electrons. The summed E-state index contributed by atoms with van der Waals surface area (Å²) in [6, 6.07) is 2.41. The van der Waals surface area contributed by atoms with Gasteiger partial charge in [-0.15, -0.1) is 0 Å². The Morgan fingerprint density at radius 2 is 1.79 bits per heavy atom. The van der Waals surface area contributed by atoms with E-state index in [1.165, 1.54) is 12.1 Å². The van der Waals surface area contributed by atoms with E-state index in [4.69, 9.17) is 9.52 Å². The van der Waals surface area contributed by atoms with E-state index in [1.54, 1.807) is 6.92 Å². The number of fused-ring (bicyclic) bond motifs is 1. The van der Waals surface area contributed by atoms with Crippen molar-refractivity contribution >= 4 is 16.9 Å². The van der Waals surface area contributed by atoms with Crippen molar-refractivity contribution in [2.45, 2.75) is 51.9 Å². The zero-order chi connectivity index (χ0) is 17.7. The highest BCUT2D eigenvalue weighted by atomic mass is 19.1.